The first-order valence-corrected chi connectivity index (χ1v) is 9.91. The predicted molar refractivity (Wildman–Crippen MR) is 95.8 cm³/mol. The van der Waals surface area contributed by atoms with Crippen molar-refractivity contribution in [2.75, 3.05) is 24.5 Å². The molecular formula is C17H19ClFN3O2S. The van der Waals surface area contributed by atoms with Crippen LogP contribution in [0.25, 0.3) is 0 Å². The first kappa shape index (κ1) is 18.1. The van der Waals surface area contributed by atoms with Gasteiger partial charge in [-0.3, -0.25) is 4.98 Å². The number of nitrogens with zero attached hydrogens (tertiary/aromatic N) is 2. The largest absolute Gasteiger partial charge is 0.370 e. The van der Waals surface area contributed by atoms with Gasteiger partial charge in [0.25, 0.3) is 0 Å². The molecule has 0 amide bonds. The SMILES string of the molecule is O=S(=O)(NCC1CCN(c2cccnc2)CC1)c1ccc(F)c(Cl)c1. The van der Waals surface area contributed by atoms with Gasteiger partial charge in [-0.1, -0.05) is 11.6 Å². The number of rotatable bonds is 5. The lowest BCUT2D eigenvalue weighted by Crippen LogP contribution is -2.38. The molecule has 5 nitrogen and oxygen atoms in total. The number of sulfonamides is 1. The maximum Gasteiger partial charge on any atom is 0.240 e. The van der Waals surface area contributed by atoms with Crippen LogP contribution in [0.1, 0.15) is 12.8 Å². The molecule has 3 rings (SSSR count). The molecule has 0 aliphatic carbocycles. The molecule has 0 bridgehead atoms. The number of aromatic nitrogens is 1. The Morgan fingerprint density at radius 3 is 2.68 bits per heavy atom. The minimum Gasteiger partial charge on any atom is -0.370 e. The lowest BCUT2D eigenvalue weighted by atomic mass is 9.97. The van der Waals surface area contributed by atoms with Crippen LogP contribution in [0.3, 0.4) is 0 Å². The molecule has 0 saturated carbocycles. The zero-order valence-corrected chi connectivity index (χ0v) is 15.1. The Bertz CT molecular complexity index is 825. The summed E-state index contributed by atoms with van der Waals surface area (Å²) in [6.07, 6.45) is 5.36. The molecule has 134 valence electrons. The van der Waals surface area contributed by atoms with Gasteiger partial charge < -0.3 is 4.90 Å². The molecule has 2 aromatic rings. The van der Waals surface area contributed by atoms with Crippen LogP contribution in [0.4, 0.5) is 10.1 Å². The van der Waals surface area contributed by atoms with Gasteiger partial charge in [-0.25, -0.2) is 17.5 Å². The maximum absolute atomic E-state index is 13.2. The highest BCUT2D eigenvalue weighted by Crippen LogP contribution is 2.23. The van der Waals surface area contributed by atoms with E-state index in [1.165, 1.54) is 6.07 Å². The van der Waals surface area contributed by atoms with Gasteiger partial charge >= 0.3 is 0 Å². The highest BCUT2D eigenvalue weighted by Gasteiger charge is 2.22. The Labute approximate surface area is 151 Å². The lowest BCUT2D eigenvalue weighted by molar-refractivity contribution is 0.402. The van der Waals surface area contributed by atoms with Gasteiger partial charge in [0.1, 0.15) is 5.82 Å². The van der Waals surface area contributed by atoms with Gasteiger partial charge in [-0.05, 0) is 49.1 Å². The average Bonchev–Trinajstić information content (AvgIpc) is 2.63. The molecule has 1 N–H and O–H groups in total. The Kier molecular flexibility index (Phi) is 5.56. The second kappa shape index (κ2) is 7.68. The van der Waals surface area contributed by atoms with Gasteiger partial charge in [0.05, 0.1) is 21.8 Å². The van der Waals surface area contributed by atoms with Crippen LogP contribution in [0.5, 0.6) is 0 Å². The third-order valence-corrected chi connectivity index (χ3v) is 6.10. The third kappa shape index (κ3) is 4.48. The quantitative estimate of drug-likeness (QED) is 0.861. The number of hydrogen-bond donors (Lipinski definition) is 1. The standard InChI is InChI=1S/C17H19ClFN3O2S/c18-16-10-15(3-4-17(16)19)25(23,24)21-11-13-5-8-22(9-6-13)14-2-1-7-20-12-14/h1-4,7,10,12-13,21H,5-6,8-9,11H2. The number of halogens is 2. The van der Waals surface area contributed by atoms with Crippen LogP contribution in [0.2, 0.25) is 5.02 Å². The molecule has 1 aromatic carbocycles. The summed E-state index contributed by atoms with van der Waals surface area (Å²) in [6, 6.07) is 7.33. The van der Waals surface area contributed by atoms with E-state index < -0.39 is 15.8 Å². The van der Waals surface area contributed by atoms with Crippen molar-refractivity contribution in [2.45, 2.75) is 17.7 Å². The number of nitrogens with one attached hydrogen (secondary N) is 1. The third-order valence-electron chi connectivity index (χ3n) is 4.39. The summed E-state index contributed by atoms with van der Waals surface area (Å²) in [4.78, 5) is 6.35. The minimum absolute atomic E-state index is 0.0216. The van der Waals surface area contributed by atoms with E-state index in [1.54, 1.807) is 6.20 Å². The Hall–Kier alpha value is -1.70. The van der Waals surface area contributed by atoms with E-state index in [4.69, 9.17) is 11.6 Å². The van der Waals surface area contributed by atoms with Crippen molar-refractivity contribution in [3.05, 3.63) is 53.6 Å². The summed E-state index contributed by atoms with van der Waals surface area (Å²) in [7, 11) is -3.69. The van der Waals surface area contributed by atoms with Crippen LogP contribution in [0.15, 0.2) is 47.6 Å². The molecule has 0 radical (unpaired) electrons. The second-order valence-electron chi connectivity index (χ2n) is 6.07. The van der Waals surface area contributed by atoms with E-state index in [9.17, 15) is 12.8 Å². The molecule has 25 heavy (non-hydrogen) atoms. The fourth-order valence-corrected chi connectivity index (χ4v) is 4.28. The van der Waals surface area contributed by atoms with E-state index in [2.05, 4.69) is 14.6 Å². The number of hydrogen-bond acceptors (Lipinski definition) is 4. The Morgan fingerprint density at radius 1 is 1.28 bits per heavy atom. The summed E-state index contributed by atoms with van der Waals surface area (Å²) in [5.74, 6) is -0.373. The summed E-state index contributed by atoms with van der Waals surface area (Å²) >= 11 is 5.67. The molecule has 2 heterocycles. The molecule has 1 aliphatic rings. The molecule has 1 saturated heterocycles. The van der Waals surface area contributed by atoms with Gasteiger partial charge in [0, 0.05) is 25.8 Å². The Balaban J connectivity index is 1.55. The van der Waals surface area contributed by atoms with E-state index in [0.29, 0.717) is 6.54 Å². The number of piperidine rings is 1. The van der Waals surface area contributed by atoms with Crippen molar-refractivity contribution in [1.82, 2.24) is 9.71 Å². The van der Waals surface area contributed by atoms with E-state index >= 15 is 0 Å². The van der Waals surface area contributed by atoms with Crippen LogP contribution < -0.4 is 9.62 Å². The lowest BCUT2D eigenvalue weighted by Gasteiger charge is -2.33. The summed E-state index contributed by atoms with van der Waals surface area (Å²) in [5.41, 5.74) is 1.09. The van der Waals surface area contributed by atoms with E-state index in [1.807, 2.05) is 18.3 Å². The molecule has 0 atom stereocenters. The molecule has 0 spiro atoms. The average molecular weight is 384 g/mol. The number of pyridine rings is 1. The predicted octanol–water partition coefficient (Wildman–Crippen LogP) is 3.07. The van der Waals surface area contributed by atoms with Crippen molar-refractivity contribution in [3.8, 4) is 0 Å². The second-order valence-corrected chi connectivity index (χ2v) is 8.24. The smallest absolute Gasteiger partial charge is 0.240 e. The van der Waals surface area contributed by atoms with Gasteiger partial charge in [-0.15, -0.1) is 0 Å². The fraction of sp³-hybridized carbons (Fsp3) is 0.353. The molecular weight excluding hydrogens is 365 g/mol. The van der Waals surface area contributed by atoms with E-state index in [-0.39, 0.29) is 15.8 Å². The molecule has 8 heteroatoms. The van der Waals surface area contributed by atoms with Crippen LogP contribution in [-0.2, 0) is 10.0 Å². The van der Waals surface area contributed by atoms with Crippen molar-refractivity contribution in [1.29, 1.82) is 0 Å². The van der Waals surface area contributed by atoms with Crippen LogP contribution in [-0.4, -0.2) is 33.0 Å². The zero-order chi connectivity index (χ0) is 17.9. The summed E-state index contributed by atoms with van der Waals surface area (Å²) in [6.45, 7) is 2.08. The van der Waals surface area contributed by atoms with Gasteiger partial charge in [0.15, 0.2) is 0 Å². The van der Waals surface area contributed by atoms with Crippen molar-refractivity contribution >= 4 is 27.3 Å². The molecule has 1 aromatic heterocycles. The maximum atomic E-state index is 13.2. The van der Waals surface area contributed by atoms with Crippen molar-refractivity contribution < 1.29 is 12.8 Å². The summed E-state index contributed by atoms with van der Waals surface area (Å²) in [5, 5.41) is -0.201. The molecule has 1 fully saturated rings. The highest BCUT2D eigenvalue weighted by molar-refractivity contribution is 7.89. The monoisotopic (exact) mass is 383 g/mol. The fourth-order valence-electron chi connectivity index (χ4n) is 2.89. The zero-order valence-electron chi connectivity index (χ0n) is 13.5. The minimum atomic E-state index is -3.69. The topological polar surface area (TPSA) is 62.3 Å². The molecule has 0 unspecified atom stereocenters. The molecule has 1 aliphatic heterocycles. The van der Waals surface area contributed by atoms with Crippen molar-refractivity contribution in [2.24, 2.45) is 5.92 Å². The number of benzene rings is 1. The van der Waals surface area contributed by atoms with Crippen LogP contribution >= 0.6 is 11.6 Å². The van der Waals surface area contributed by atoms with Gasteiger partial charge in [-0.2, -0.15) is 0 Å². The van der Waals surface area contributed by atoms with Crippen molar-refractivity contribution in [3.63, 3.8) is 0 Å². The first-order valence-electron chi connectivity index (χ1n) is 8.05. The van der Waals surface area contributed by atoms with Gasteiger partial charge in [0.2, 0.25) is 10.0 Å². The normalized spacial score (nSPS) is 16.2. The summed E-state index contributed by atoms with van der Waals surface area (Å²) < 4.78 is 40.4. The van der Waals surface area contributed by atoms with Crippen LogP contribution in [0, 0.1) is 11.7 Å². The Morgan fingerprint density at radius 2 is 2.04 bits per heavy atom. The highest BCUT2D eigenvalue weighted by atomic mass is 35.5. The van der Waals surface area contributed by atoms with E-state index in [0.717, 1.165) is 43.8 Å². The number of anilines is 1. The first-order chi connectivity index (χ1) is 12.0.